The number of halogens is 1. The van der Waals surface area contributed by atoms with E-state index in [1.807, 2.05) is 23.1 Å². The lowest BCUT2D eigenvalue weighted by Crippen LogP contribution is -2.38. The maximum atomic E-state index is 13.0. The molecule has 0 unspecified atom stereocenters. The van der Waals surface area contributed by atoms with E-state index in [0.29, 0.717) is 36.3 Å². The van der Waals surface area contributed by atoms with Crippen LogP contribution in [0.2, 0.25) is 0 Å². The van der Waals surface area contributed by atoms with E-state index in [-0.39, 0.29) is 30.9 Å². The molecule has 8 heteroatoms. The van der Waals surface area contributed by atoms with E-state index >= 15 is 0 Å². The Balaban J connectivity index is 1.20. The summed E-state index contributed by atoms with van der Waals surface area (Å²) in [6.07, 6.45) is 1.80. The lowest BCUT2D eigenvalue weighted by molar-refractivity contribution is -0.131. The number of fused-ring (bicyclic) bond motifs is 1. The van der Waals surface area contributed by atoms with Gasteiger partial charge in [0.2, 0.25) is 24.4 Å². The SMILES string of the molecule is O=C(Cc1ccc(F)cc1)N1CCC(c2nc(-c3ccc4c(c3)OCO4)no2)CC1. The van der Waals surface area contributed by atoms with Crippen LogP contribution in [0, 0.1) is 5.82 Å². The van der Waals surface area contributed by atoms with Crippen LogP contribution in [0.4, 0.5) is 4.39 Å². The zero-order valence-electron chi connectivity index (χ0n) is 16.2. The van der Waals surface area contributed by atoms with Gasteiger partial charge in [0.25, 0.3) is 0 Å². The molecule has 0 N–H and O–H groups in total. The van der Waals surface area contributed by atoms with Crippen LogP contribution in [-0.4, -0.2) is 40.8 Å². The van der Waals surface area contributed by atoms with E-state index in [2.05, 4.69) is 10.1 Å². The van der Waals surface area contributed by atoms with Crippen LogP contribution in [0.1, 0.15) is 30.2 Å². The number of hydrogen-bond acceptors (Lipinski definition) is 6. The summed E-state index contributed by atoms with van der Waals surface area (Å²) in [5.41, 5.74) is 1.62. The van der Waals surface area contributed by atoms with E-state index < -0.39 is 0 Å². The summed E-state index contributed by atoms with van der Waals surface area (Å²) >= 11 is 0. The third-order valence-corrected chi connectivity index (χ3v) is 5.54. The fourth-order valence-corrected chi connectivity index (χ4v) is 3.82. The predicted molar refractivity (Wildman–Crippen MR) is 105 cm³/mol. The number of hydrogen-bond donors (Lipinski definition) is 0. The van der Waals surface area contributed by atoms with Gasteiger partial charge in [-0.25, -0.2) is 4.39 Å². The standard InChI is InChI=1S/C22H20FN3O4/c23-17-4-1-14(2-5-17)11-20(27)26-9-7-15(8-10-26)22-24-21(25-30-22)16-3-6-18-19(12-16)29-13-28-18/h1-6,12,15H,7-11,13H2. The van der Waals surface area contributed by atoms with Gasteiger partial charge in [-0.15, -0.1) is 0 Å². The second kappa shape index (κ2) is 7.78. The lowest BCUT2D eigenvalue weighted by atomic mass is 9.96. The van der Waals surface area contributed by atoms with Crippen LogP contribution in [-0.2, 0) is 11.2 Å². The molecule has 0 atom stereocenters. The Kier molecular flexibility index (Phi) is 4.82. The molecule has 1 aromatic heterocycles. The minimum Gasteiger partial charge on any atom is -0.454 e. The molecule has 1 saturated heterocycles. The van der Waals surface area contributed by atoms with Crippen LogP contribution in [0.5, 0.6) is 11.5 Å². The summed E-state index contributed by atoms with van der Waals surface area (Å²) in [5.74, 6) is 2.35. The number of carbonyl (C=O) groups is 1. The van der Waals surface area contributed by atoms with Gasteiger partial charge >= 0.3 is 0 Å². The molecule has 0 radical (unpaired) electrons. The van der Waals surface area contributed by atoms with Gasteiger partial charge in [-0.05, 0) is 48.7 Å². The molecule has 1 fully saturated rings. The molecule has 2 aliphatic heterocycles. The molecular formula is C22H20FN3O4. The molecule has 1 amide bonds. The summed E-state index contributed by atoms with van der Waals surface area (Å²) in [7, 11) is 0. The van der Waals surface area contributed by atoms with E-state index in [9.17, 15) is 9.18 Å². The minimum atomic E-state index is -0.299. The zero-order valence-corrected chi connectivity index (χ0v) is 16.2. The van der Waals surface area contributed by atoms with Gasteiger partial charge in [0.05, 0.1) is 6.42 Å². The van der Waals surface area contributed by atoms with Crippen LogP contribution in [0.3, 0.4) is 0 Å². The van der Waals surface area contributed by atoms with Gasteiger partial charge < -0.3 is 18.9 Å². The Hall–Kier alpha value is -3.42. The van der Waals surface area contributed by atoms with Crippen molar-refractivity contribution in [3.8, 4) is 22.9 Å². The Bertz CT molecular complexity index is 1060. The van der Waals surface area contributed by atoms with Crippen LogP contribution >= 0.6 is 0 Å². The van der Waals surface area contributed by atoms with Gasteiger partial charge in [0.1, 0.15) is 5.82 Å². The van der Waals surface area contributed by atoms with Crippen molar-refractivity contribution in [1.29, 1.82) is 0 Å². The first-order chi connectivity index (χ1) is 14.7. The molecule has 0 aliphatic carbocycles. The van der Waals surface area contributed by atoms with Crippen molar-refractivity contribution >= 4 is 5.91 Å². The molecule has 0 saturated carbocycles. The van der Waals surface area contributed by atoms with Crippen LogP contribution in [0.25, 0.3) is 11.4 Å². The van der Waals surface area contributed by atoms with Gasteiger partial charge in [0, 0.05) is 24.6 Å². The Morgan fingerprint density at radius 2 is 1.83 bits per heavy atom. The van der Waals surface area contributed by atoms with Crippen molar-refractivity contribution in [2.45, 2.75) is 25.2 Å². The summed E-state index contributed by atoms with van der Waals surface area (Å²) in [6.45, 7) is 1.48. The Morgan fingerprint density at radius 3 is 2.63 bits per heavy atom. The van der Waals surface area contributed by atoms with Crippen molar-refractivity contribution in [2.75, 3.05) is 19.9 Å². The van der Waals surface area contributed by atoms with Crippen molar-refractivity contribution in [3.63, 3.8) is 0 Å². The highest BCUT2D eigenvalue weighted by molar-refractivity contribution is 5.78. The number of benzene rings is 2. The average Bonchev–Trinajstić information content (AvgIpc) is 3.44. The smallest absolute Gasteiger partial charge is 0.231 e. The summed E-state index contributed by atoms with van der Waals surface area (Å²) in [6, 6.07) is 11.6. The maximum Gasteiger partial charge on any atom is 0.231 e. The second-order valence-electron chi connectivity index (χ2n) is 7.48. The first-order valence-corrected chi connectivity index (χ1v) is 9.91. The molecule has 3 aromatic rings. The number of aromatic nitrogens is 2. The third kappa shape index (κ3) is 3.72. The second-order valence-corrected chi connectivity index (χ2v) is 7.48. The van der Waals surface area contributed by atoms with Crippen LogP contribution in [0.15, 0.2) is 47.0 Å². The highest BCUT2D eigenvalue weighted by Crippen LogP contribution is 2.36. The molecule has 154 valence electrons. The number of piperidine rings is 1. The van der Waals surface area contributed by atoms with Crippen molar-refractivity contribution in [3.05, 3.63) is 59.7 Å². The fourth-order valence-electron chi connectivity index (χ4n) is 3.82. The number of nitrogens with zero attached hydrogens (tertiary/aromatic N) is 3. The van der Waals surface area contributed by atoms with Crippen LogP contribution < -0.4 is 9.47 Å². The van der Waals surface area contributed by atoms with Gasteiger partial charge in [-0.3, -0.25) is 4.79 Å². The lowest BCUT2D eigenvalue weighted by Gasteiger charge is -2.30. The highest BCUT2D eigenvalue weighted by Gasteiger charge is 2.28. The Morgan fingerprint density at radius 1 is 1.07 bits per heavy atom. The highest BCUT2D eigenvalue weighted by atomic mass is 19.1. The van der Waals surface area contributed by atoms with Crippen molar-refractivity contribution in [2.24, 2.45) is 0 Å². The largest absolute Gasteiger partial charge is 0.454 e. The molecule has 0 bridgehead atoms. The van der Waals surface area contributed by atoms with Gasteiger partial charge in [0.15, 0.2) is 11.5 Å². The first kappa shape index (κ1) is 18.6. The maximum absolute atomic E-state index is 13.0. The third-order valence-electron chi connectivity index (χ3n) is 5.54. The summed E-state index contributed by atoms with van der Waals surface area (Å²) in [5, 5.41) is 4.11. The molecule has 2 aromatic carbocycles. The molecule has 7 nitrogen and oxygen atoms in total. The number of rotatable bonds is 4. The molecule has 0 spiro atoms. The number of ether oxygens (including phenoxy) is 2. The number of carbonyl (C=O) groups excluding carboxylic acids is 1. The Labute approximate surface area is 172 Å². The topological polar surface area (TPSA) is 77.7 Å². The van der Waals surface area contributed by atoms with E-state index in [0.717, 1.165) is 24.0 Å². The monoisotopic (exact) mass is 409 g/mol. The molecular weight excluding hydrogens is 389 g/mol. The number of amides is 1. The predicted octanol–water partition coefficient (Wildman–Crippen LogP) is 3.55. The first-order valence-electron chi connectivity index (χ1n) is 9.91. The zero-order chi connectivity index (χ0) is 20.5. The average molecular weight is 409 g/mol. The summed E-state index contributed by atoms with van der Waals surface area (Å²) in [4.78, 5) is 18.9. The van der Waals surface area contributed by atoms with E-state index in [1.54, 1.807) is 12.1 Å². The quantitative estimate of drug-likeness (QED) is 0.656. The molecule has 30 heavy (non-hydrogen) atoms. The molecule has 2 aliphatic rings. The minimum absolute atomic E-state index is 0.0478. The van der Waals surface area contributed by atoms with Crippen molar-refractivity contribution in [1.82, 2.24) is 15.0 Å². The summed E-state index contributed by atoms with van der Waals surface area (Å²) < 4.78 is 29.3. The molecule has 3 heterocycles. The fraction of sp³-hybridized carbons (Fsp3) is 0.318. The normalized spacial score (nSPS) is 16.1. The molecule has 5 rings (SSSR count). The van der Waals surface area contributed by atoms with Gasteiger partial charge in [-0.2, -0.15) is 4.98 Å². The number of likely N-dealkylation sites (tertiary alicyclic amines) is 1. The van der Waals surface area contributed by atoms with E-state index in [4.69, 9.17) is 14.0 Å². The van der Waals surface area contributed by atoms with E-state index in [1.165, 1.54) is 12.1 Å². The van der Waals surface area contributed by atoms with Crippen molar-refractivity contribution < 1.29 is 23.2 Å². The van der Waals surface area contributed by atoms with Gasteiger partial charge in [-0.1, -0.05) is 17.3 Å².